The summed E-state index contributed by atoms with van der Waals surface area (Å²) in [5, 5.41) is 24.6. The van der Waals surface area contributed by atoms with Crippen LogP contribution < -0.4 is 5.32 Å². The number of aliphatic hydroxyl groups excluding tert-OH is 1. The smallest absolute Gasteiger partial charge is 0.303 e. The number of fused-ring (bicyclic) bond motifs is 5. The van der Waals surface area contributed by atoms with Crippen molar-refractivity contribution in [1.82, 2.24) is 5.32 Å². The zero-order valence-corrected chi connectivity index (χ0v) is 30.9. The summed E-state index contributed by atoms with van der Waals surface area (Å²) in [6.07, 6.45) is 7.68. The number of carbonyl (C=O) groups is 1. The molecule has 7 rings (SSSR count). The number of nitrogens with one attached hydrogen (secondary N) is 1. The minimum Gasteiger partial charge on any atom is -0.511 e. The van der Waals surface area contributed by atoms with Crippen molar-refractivity contribution in [1.29, 1.82) is 0 Å². The molecule has 0 amide bonds. The Morgan fingerprint density at radius 2 is 1.82 bits per heavy atom. The van der Waals surface area contributed by atoms with E-state index >= 15 is 0 Å². The third kappa shape index (κ3) is 5.94. The molecule has 6 aliphatic rings. The lowest BCUT2D eigenvalue weighted by atomic mass is 9.86. The van der Waals surface area contributed by atoms with E-state index < -0.39 is 5.97 Å². The topological polar surface area (TPSA) is 116 Å². The molecule has 1 aromatic carbocycles. The summed E-state index contributed by atoms with van der Waals surface area (Å²) < 4.78 is 7.68. The Kier molecular flexibility index (Phi) is 8.85. The van der Waals surface area contributed by atoms with Gasteiger partial charge in [0.15, 0.2) is 0 Å². The first-order valence-electron chi connectivity index (χ1n) is 17.0. The van der Waals surface area contributed by atoms with E-state index in [4.69, 9.17) is 19.7 Å². The van der Waals surface area contributed by atoms with Gasteiger partial charge in [0.05, 0.1) is 46.9 Å². The molecule has 3 atom stereocenters. The number of rotatable bonds is 8. The number of benzene rings is 1. The van der Waals surface area contributed by atoms with Gasteiger partial charge in [-0.15, -0.1) is 0 Å². The van der Waals surface area contributed by atoms with E-state index in [1.807, 2.05) is 19.1 Å². The van der Waals surface area contributed by atoms with E-state index in [-0.39, 0.29) is 24.4 Å². The highest BCUT2D eigenvalue weighted by Crippen LogP contribution is 2.46. The quantitative estimate of drug-likeness (QED) is 0.229. The van der Waals surface area contributed by atoms with Crippen molar-refractivity contribution < 1.29 is 19.7 Å². The summed E-state index contributed by atoms with van der Waals surface area (Å²) in [4.78, 5) is 27.2. The third-order valence-electron chi connectivity index (χ3n) is 10.6. The molecule has 8 bridgehead atoms. The molecule has 1 saturated heterocycles. The summed E-state index contributed by atoms with van der Waals surface area (Å²) in [7, 11) is 0. The zero-order chi connectivity index (χ0) is 34.7. The Morgan fingerprint density at radius 1 is 1.06 bits per heavy atom. The van der Waals surface area contributed by atoms with Crippen molar-refractivity contribution in [3.05, 3.63) is 125 Å². The van der Waals surface area contributed by atoms with E-state index in [1.54, 1.807) is 0 Å². The number of carboxylic acids is 1. The lowest BCUT2D eigenvalue weighted by molar-refractivity contribution is -0.137. The largest absolute Gasteiger partial charge is 0.511 e. The Morgan fingerprint density at radius 3 is 2.55 bits per heavy atom. The molecule has 252 valence electrons. The summed E-state index contributed by atoms with van der Waals surface area (Å²) in [6.45, 7) is 13.1. The van der Waals surface area contributed by atoms with Gasteiger partial charge in [-0.25, -0.2) is 15.0 Å². The maximum absolute atomic E-state index is 11.8. The minimum absolute atomic E-state index is 0.000239. The molecule has 5 aliphatic heterocycles. The number of aliphatic imine (C=N–C) groups is 3. The average molecular weight is 766 g/mol. The van der Waals surface area contributed by atoms with Gasteiger partial charge < -0.3 is 20.3 Å². The van der Waals surface area contributed by atoms with Crippen LogP contribution in [0.15, 0.2) is 131 Å². The molecule has 5 heterocycles. The molecule has 8 nitrogen and oxygen atoms in total. The summed E-state index contributed by atoms with van der Waals surface area (Å²) in [5.74, 6) is -0.610. The summed E-state index contributed by atoms with van der Waals surface area (Å²) >= 11 is 2.32. The molecule has 1 aliphatic carbocycles. The van der Waals surface area contributed by atoms with Crippen LogP contribution in [0.1, 0.15) is 72.8 Å². The van der Waals surface area contributed by atoms with Gasteiger partial charge in [0.25, 0.3) is 0 Å². The number of aliphatic carboxylic acids is 1. The Bertz CT molecular complexity index is 2060. The van der Waals surface area contributed by atoms with Gasteiger partial charge in [0.1, 0.15) is 5.76 Å². The summed E-state index contributed by atoms with van der Waals surface area (Å²) in [5.41, 5.74) is 14.9. The van der Waals surface area contributed by atoms with Gasteiger partial charge in [0.2, 0.25) is 0 Å². The van der Waals surface area contributed by atoms with Crippen LogP contribution in [0.2, 0.25) is 0 Å². The summed E-state index contributed by atoms with van der Waals surface area (Å²) in [6, 6.07) is 8.34. The third-order valence-corrected chi connectivity index (χ3v) is 11.2. The molecular weight excluding hydrogens is 724 g/mol. The van der Waals surface area contributed by atoms with Gasteiger partial charge in [-0.05, 0) is 121 Å². The molecule has 0 spiro atoms. The first-order chi connectivity index (χ1) is 23.4. The fourth-order valence-electron chi connectivity index (χ4n) is 7.85. The molecule has 0 saturated carbocycles. The fourth-order valence-corrected chi connectivity index (χ4v) is 8.46. The number of halogens is 1. The predicted molar refractivity (Wildman–Crippen MR) is 202 cm³/mol. The van der Waals surface area contributed by atoms with Crippen LogP contribution >= 0.6 is 22.6 Å². The Hall–Kier alpha value is -4.09. The second-order valence-corrected chi connectivity index (χ2v) is 14.8. The highest BCUT2D eigenvalue weighted by atomic mass is 124. The van der Waals surface area contributed by atoms with E-state index in [0.717, 1.165) is 96.6 Å². The number of aliphatic hydroxyl groups is 1. The minimum atomic E-state index is -0.825. The zero-order valence-electron chi connectivity index (χ0n) is 28.7. The lowest BCUT2D eigenvalue weighted by Gasteiger charge is -2.17. The van der Waals surface area contributed by atoms with Gasteiger partial charge in [0, 0.05) is 56.4 Å². The highest BCUT2D eigenvalue weighted by molar-refractivity contribution is 14.1. The van der Waals surface area contributed by atoms with Crippen LogP contribution in [0.5, 0.6) is 0 Å². The van der Waals surface area contributed by atoms with Crippen molar-refractivity contribution in [2.45, 2.75) is 79.9 Å². The first-order valence-corrected chi connectivity index (χ1v) is 18.1. The van der Waals surface area contributed by atoms with E-state index in [0.29, 0.717) is 25.2 Å². The van der Waals surface area contributed by atoms with Crippen molar-refractivity contribution >= 4 is 45.7 Å². The van der Waals surface area contributed by atoms with Crippen LogP contribution in [-0.4, -0.2) is 39.4 Å². The normalized spacial score (nSPS) is 23.6. The number of hydrogen-bond donors (Lipinski definition) is 3. The van der Waals surface area contributed by atoms with Gasteiger partial charge in [-0.1, -0.05) is 26.0 Å². The standard InChI is InChI=1S/C40H41IN4O4/c1-7-26-19(2)29-17-34-37(23(6)49-18-24-9-8-10-25(41)13-24)21(4)31(43-34)15-30-20(3)27(11-12-36(47)48)39(44-30)28-14-35(46)38-22(5)32(45-40(28)38)16-33(26)42-29/h8-10,13,15-17,20,23,27,44,46H,7,11-12,14,18H2,1-6H3,(H,47,48)/t20-,23?,27-/m0/s1/i41-3. The number of nitrogens with zero attached hydrogens (tertiary/aromatic N) is 3. The number of ether oxygens (including phenoxy) is 1. The Labute approximate surface area is 301 Å². The highest BCUT2D eigenvalue weighted by Gasteiger charge is 2.41. The number of carboxylic acid groups (broad SMARTS) is 1. The van der Waals surface area contributed by atoms with Gasteiger partial charge in [-0.3, -0.25) is 4.79 Å². The second-order valence-electron chi connectivity index (χ2n) is 13.5. The van der Waals surface area contributed by atoms with Crippen molar-refractivity contribution in [3.8, 4) is 0 Å². The Balaban J connectivity index is 1.39. The maximum atomic E-state index is 11.8. The SMILES string of the molecule is CCC1=C(C)C2=NC1=CC1=C(C)C3=C(O)CC(=C4NC(=CC5=NC(=C2)C(C(C)OCc2cccc([124I])c2)=C5C)[C@@H](C)[C@@H]4CCC(=O)O)C3=N1. The first kappa shape index (κ1) is 33.4. The van der Waals surface area contributed by atoms with Crippen LogP contribution in [0.25, 0.3) is 0 Å². The van der Waals surface area contributed by atoms with E-state index in [1.165, 1.54) is 3.57 Å². The molecular formula is C40H41IN4O4. The molecule has 9 heteroatoms. The maximum Gasteiger partial charge on any atom is 0.303 e. The van der Waals surface area contributed by atoms with Crippen LogP contribution in [-0.2, 0) is 16.1 Å². The number of hydrogen-bond acceptors (Lipinski definition) is 7. The predicted octanol–water partition coefficient (Wildman–Crippen LogP) is 8.73. The monoisotopic (exact) mass is 765 g/mol. The molecule has 1 unspecified atom stereocenters. The molecule has 1 aromatic rings. The van der Waals surface area contributed by atoms with E-state index in [2.05, 4.69) is 92.9 Å². The molecule has 0 radical (unpaired) electrons. The fraction of sp³-hybridized carbons (Fsp3) is 0.350. The lowest BCUT2D eigenvalue weighted by Crippen LogP contribution is -2.15. The van der Waals surface area contributed by atoms with Gasteiger partial charge >= 0.3 is 5.97 Å². The molecule has 49 heavy (non-hydrogen) atoms. The van der Waals surface area contributed by atoms with Gasteiger partial charge in [-0.2, -0.15) is 0 Å². The average Bonchev–Trinajstić information content (AvgIpc) is 3.81. The second kappa shape index (κ2) is 13.0. The van der Waals surface area contributed by atoms with Crippen LogP contribution in [0.4, 0.5) is 0 Å². The molecule has 0 aromatic heterocycles. The van der Waals surface area contributed by atoms with Crippen LogP contribution in [0.3, 0.4) is 0 Å². The van der Waals surface area contributed by atoms with Crippen molar-refractivity contribution in [3.63, 3.8) is 0 Å². The van der Waals surface area contributed by atoms with Crippen LogP contribution in [0, 0.1) is 15.4 Å². The molecule has 3 N–H and O–H groups in total. The molecule has 1 fully saturated rings. The van der Waals surface area contributed by atoms with Crippen molar-refractivity contribution in [2.24, 2.45) is 26.8 Å². The van der Waals surface area contributed by atoms with E-state index in [9.17, 15) is 15.0 Å². The number of allylic oxidation sites excluding steroid dienone is 11. The van der Waals surface area contributed by atoms with Crippen molar-refractivity contribution in [2.75, 3.05) is 0 Å².